The van der Waals surface area contributed by atoms with Gasteiger partial charge in [0.05, 0.1) is 0 Å². The van der Waals surface area contributed by atoms with Crippen molar-refractivity contribution in [2.24, 2.45) is 5.92 Å². The molecule has 2 aromatic rings. The van der Waals surface area contributed by atoms with Crippen molar-refractivity contribution in [3.05, 3.63) is 59.9 Å². The average Bonchev–Trinajstić information content (AvgIpc) is 2.85. The molecule has 0 aliphatic rings. The molecule has 1 unspecified atom stereocenters. The topological polar surface area (TPSA) is 17.0 Å². The fraction of sp³-hybridized carbons (Fsp3) is 0.412. The number of nitrogens with one attached hydrogen (secondary N) is 1. The van der Waals surface area contributed by atoms with E-state index >= 15 is 0 Å². The van der Waals surface area contributed by atoms with E-state index < -0.39 is 0 Å². The Balaban J connectivity index is 2.10. The predicted octanol–water partition coefficient (Wildman–Crippen LogP) is 3.84. The lowest BCUT2D eigenvalue weighted by Crippen LogP contribution is -2.25. The maximum Gasteiger partial charge on any atom is 0.0470 e. The SMILES string of the molecule is CCNC(c1ccn(Cc2ccccc2)c1)C(C)C. The second-order valence-electron chi connectivity index (χ2n) is 5.38. The highest BCUT2D eigenvalue weighted by Gasteiger charge is 2.15. The van der Waals surface area contributed by atoms with Gasteiger partial charge in [-0.1, -0.05) is 51.1 Å². The first-order valence-electron chi connectivity index (χ1n) is 7.13. The van der Waals surface area contributed by atoms with Gasteiger partial charge in [0.25, 0.3) is 0 Å². The minimum atomic E-state index is 0.446. The van der Waals surface area contributed by atoms with E-state index in [9.17, 15) is 0 Å². The van der Waals surface area contributed by atoms with E-state index in [1.54, 1.807) is 0 Å². The van der Waals surface area contributed by atoms with E-state index in [0.717, 1.165) is 13.1 Å². The van der Waals surface area contributed by atoms with Crippen LogP contribution in [0.1, 0.15) is 37.9 Å². The molecule has 0 radical (unpaired) electrons. The molecule has 1 aromatic heterocycles. The first kappa shape index (κ1) is 13.9. The maximum absolute atomic E-state index is 3.56. The van der Waals surface area contributed by atoms with Gasteiger partial charge in [-0.25, -0.2) is 0 Å². The van der Waals surface area contributed by atoms with Crippen LogP contribution in [-0.2, 0) is 6.54 Å². The summed E-state index contributed by atoms with van der Waals surface area (Å²) in [6.07, 6.45) is 4.44. The van der Waals surface area contributed by atoms with Crippen LogP contribution in [0.25, 0.3) is 0 Å². The zero-order chi connectivity index (χ0) is 13.7. The molecule has 0 aliphatic carbocycles. The number of benzene rings is 1. The van der Waals surface area contributed by atoms with E-state index in [0.29, 0.717) is 12.0 Å². The lowest BCUT2D eigenvalue weighted by atomic mass is 9.98. The normalized spacial score (nSPS) is 12.8. The Morgan fingerprint density at radius 3 is 2.47 bits per heavy atom. The highest BCUT2D eigenvalue weighted by molar-refractivity contribution is 5.20. The fourth-order valence-corrected chi connectivity index (χ4v) is 2.49. The molecule has 102 valence electrons. The van der Waals surface area contributed by atoms with E-state index in [-0.39, 0.29) is 0 Å². The molecule has 0 amide bonds. The van der Waals surface area contributed by atoms with Crippen LogP contribution in [0, 0.1) is 5.92 Å². The summed E-state index contributed by atoms with van der Waals surface area (Å²) in [5, 5.41) is 3.56. The first-order valence-corrected chi connectivity index (χ1v) is 7.13. The van der Waals surface area contributed by atoms with Gasteiger partial charge in [0.1, 0.15) is 0 Å². The summed E-state index contributed by atoms with van der Waals surface area (Å²) in [5.74, 6) is 0.604. The van der Waals surface area contributed by atoms with Gasteiger partial charge in [-0.2, -0.15) is 0 Å². The Labute approximate surface area is 116 Å². The zero-order valence-electron chi connectivity index (χ0n) is 12.1. The quantitative estimate of drug-likeness (QED) is 0.831. The largest absolute Gasteiger partial charge is 0.350 e. The third-order valence-corrected chi connectivity index (χ3v) is 3.43. The van der Waals surface area contributed by atoms with E-state index in [1.165, 1.54) is 11.1 Å². The lowest BCUT2D eigenvalue weighted by Gasteiger charge is -2.20. The number of rotatable bonds is 6. The van der Waals surface area contributed by atoms with Gasteiger partial charge in [0, 0.05) is 25.0 Å². The molecule has 1 heterocycles. The minimum Gasteiger partial charge on any atom is -0.350 e. The first-order chi connectivity index (χ1) is 9.20. The van der Waals surface area contributed by atoms with Crippen LogP contribution in [0.2, 0.25) is 0 Å². The summed E-state index contributed by atoms with van der Waals surface area (Å²) < 4.78 is 2.26. The van der Waals surface area contributed by atoms with Crippen LogP contribution in [0.4, 0.5) is 0 Å². The molecule has 1 N–H and O–H groups in total. The van der Waals surface area contributed by atoms with Crippen molar-refractivity contribution in [3.8, 4) is 0 Å². The van der Waals surface area contributed by atoms with Crippen LogP contribution in [0.15, 0.2) is 48.8 Å². The van der Waals surface area contributed by atoms with Crippen LogP contribution in [0.5, 0.6) is 0 Å². The summed E-state index contributed by atoms with van der Waals surface area (Å²) in [4.78, 5) is 0. The van der Waals surface area contributed by atoms with E-state index in [1.807, 2.05) is 0 Å². The summed E-state index contributed by atoms with van der Waals surface area (Å²) in [7, 11) is 0. The van der Waals surface area contributed by atoms with Gasteiger partial charge in [-0.3, -0.25) is 0 Å². The molecule has 0 aliphatic heterocycles. The predicted molar refractivity (Wildman–Crippen MR) is 81.2 cm³/mol. The number of hydrogen-bond donors (Lipinski definition) is 1. The smallest absolute Gasteiger partial charge is 0.0470 e. The molecule has 2 rings (SSSR count). The lowest BCUT2D eigenvalue weighted by molar-refractivity contribution is 0.421. The van der Waals surface area contributed by atoms with Crippen LogP contribution < -0.4 is 5.32 Å². The average molecular weight is 256 g/mol. The summed E-state index contributed by atoms with van der Waals surface area (Å²) in [6.45, 7) is 8.64. The number of hydrogen-bond acceptors (Lipinski definition) is 1. The highest BCUT2D eigenvalue weighted by atomic mass is 15.0. The van der Waals surface area contributed by atoms with Gasteiger partial charge < -0.3 is 9.88 Å². The van der Waals surface area contributed by atoms with Gasteiger partial charge >= 0.3 is 0 Å². The minimum absolute atomic E-state index is 0.446. The van der Waals surface area contributed by atoms with E-state index in [4.69, 9.17) is 0 Å². The Morgan fingerprint density at radius 2 is 1.84 bits per heavy atom. The third kappa shape index (κ3) is 3.71. The Hall–Kier alpha value is -1.54. The second kappa shape index (κ2) is 6.58. The van der Waals surface area contributed by atoms with Crippen molar-refractivity contribution >= 4 is 0 Å². The summed E-state index contributed by atoms with van der Waals surface area (Å²) in [5.41, 5.74) is 2.72. The molecule has 2 heteroatoms. The maximum atomic E-state index is 3.56. The van der Waals surface area contributed by atoms with Gasteiger partial charge in [0.2, 0.25) is 0 Å². The molecule has 0 saturated carbocycles. The number of aromatic nitrogens is 1. The van der Waals surface area contributed by atoms with Crippen LogP contribution >= 0.6 is 0 Å². The Bertz CT molecular complexity index is 485. The third-order valence-electron chi connectivity index (χ3n) is 3.43. The summed E-state index contributed by atoms with van der Waals surface area (Å²) >= 11 is 0. The Kier molecular flexibility index (Phi) is 4.80. The molecule has 0 saturated heterocycles. The molecule has 0 fully saturated rings. The van der Waals surface area contributed by atoms with Crippen LogP contribution in [-0.4, -0.2) is 11.1 Å². The Morgan fingerprint density at radius 1 is 1.11 bits per heavy atom. The molecule has 0 spiro atoms. The van der Waals surface area contributed by atoms with E-state index in [2.05, 4.69) is 79.4 Å². The molecule has 1 aromatic carbocycles. The van der Waals surface area contributed by atoms with Crippen LogP contribution in [0.3, 0.4) is 0 Å². The molecule has 0 bridgehead atoms. The van der Waals surface area contributed by atoms with Gasteiger partial charge in [-0.05, 0) is 29.7 Å². The van der Waals surface area contributed by atoms with Crippen molar-refractivity contribution < 1.29 is 0 Å². The molecular formula is C17H24N2. The molecular weight excluding hydrogens is 232 g/mol. The highest BCUT2D eigenvalue weighted by Crippen LogP contribution is 2.22. The van der Waals surface area contributed by atoms with Gasteiger partial charge in [0.15, 0.2) is 0 Å². The van der Waals surface area contributed by atoms with Crippen molar-refractivity contribution in [1.82, 2.24) is 9.88 Å². The monoisotopic (exact) mass is 256 g/mol. The number of nitrogens with zero attached hydrogens (tertiary/aromatic N) is 1. The molecule has 1 atom stereocenters. The standard InChI is InChI=1S/C17H24N2/c1-4-18-17(14(2)3)16-10-11-19(13-16)12-15-8-6-5-7-9-15/h5-11,13-14,17-18H,4,12H2,1-3H3. The van der Waals surface area contributed by atoms with Gasteiger partial charge in [-0.15, -0.1) is 0 Å². The van der Waals surface area contributed by atoms with Crippen molar-refractivity contribution in [2.45, 2.75) is 33.4 Å². The molecule has 2 nitrogen and oxygen atoms in total. The van der Waals surface area contributed by atoms with Crippen molar-refractivity contribution in [2.75, 3.05) is 6.54 Å². The summed E-state index contributed by atoms with van der Waals surface area (Å²) in [6, 6.07) is 13.3. The zero-order valence-corrected chi connectivity index (χ0v) is 12.1. The fourth-order valence-electron chi connectivity index (χ4n) is 2.49. The van der Waals surface area contributed by atoms with Crippen molar-refractivity contribution in [3.63, 3.8) is 0 Å². The second-order valence-corrected chi connectivity index (χ2v) is 5.38. The van der Waals surface area contributed by atoms with Crippen molar-refractivity contribution in [1.29, 1.82) is 0 Å². The molecule has 19 heavy (non-hydrogen) atoms.